The highest BCUT2D eigenvalue weighted by atomic mass is 35.5. The van der Waals surface area contributed by atoms with Crippen LogP contribution in [0.2, 0.25) is 5.02 Å². The average molecular weight is 443 g/mol. The molecule has 7 heteroatoms. The van der Waals surface area contributed by atoms with Crippen LogP contribution in [0.25, 0.3) is 0 Å². The zero-order valence-corrected chi connectivity index (χ0v) is 18.1. The van der Waals surface area contributed by atoms with Gasteiger partial charge in [-0.05, 0) is 35.9 Å². The molecule has 0 spiro atoms. The highest BCUT2D eigenvalue weighted by Crippen LogP contribution is 2.20. The second-order valence-corrected chi connectivity index (χ2v) is 9.06. The summed E-state index contributed by atoms with van der Waals surface area (Å²) in [5.74, 6) is 1.33. The molecule has 2 heterocycles. The van der Waals surface area contributed by atoms with Crippen molar-refractivity contribution in [2.24, 2.45) is 0 Å². The van der Waals surface area contributed by atoms with Crippen LogP contribution in [0.3, 0.4) is 0 Å². The third kappa shape index (κ3) is 4.94. The van der Waals surface area contributed by atoms with Gasteiger partial charge in [0.2, 0.25) is 0 Å². The van der Waals surface area contributed by atoms with Crippen molar-refractivity contribution in [3.05, 3.63) is 88.8 Å². The Morgan fingerprint density at radius 3 is 2.33 bits per heavy atom. The maximum atomic E-state index is 12.8. The minimum absolute atomic E-state index is 0.120. The molecule has 0 unspecified atom stereocenters. The van der Waals surface area contributed by atoms with Gasteiger partial charge in [-0.2, -0.15) is 0 Å². The van der Waals surface area contributed by atoms with E-state index in [0.717, 1.165) is 18.7 Å². The normalized spacial score (nSPS) is 15.2. The van der Waals surface area contributed by atoms with Crippen LogP contribution >= 0.6 is 11.6 Å². The molecule has 5 nitrogen and oxygen atoms in total. The number of hydrogen-bond acceptors (Lipinski definition) is 4. The van der Waals surface area contributed by atoms with Gasteiger partial charge < -0.3 is 14.2 Å². The molecule has 0 bridgehead atoms. The Kier molecular flexibility index (Phi) is 6.55. The van der Waals surface area contributed by atoms with Crippen molar-refractivity contribution in [2.45, 2.75) is 11.5 Å². The van der Waals surface area contributed by atoms with E-state index in [4.69, 9.17) is 16.0 Å². The van der Waals surface area contributed by atoms with Crippen molar-refractivity contribution in [3.63, 3.8) is 0 Å². The molecule has 0 radical (unpaired) electrons. The second kappa shape index (κ2) is 9.49. The van der Waals surface area contributed by atoms with Crippen LogP contribution < -0.4 is 4.90 Å². The fourth-order valence-corrected chi connectivity index (χ4v) is 4.99. The molecular weight excluding hydrogens is 420 g/mol. The van der Waals surface area contributed by atoms with Crippen LogP contribution in [0.1, 0.15) is 21.9 Å². The summed E-state index contributed by atoms with van der Waals surface area (Å²) in [6.07, 6.45) is 0. The van der Waals surface area contributed by atoms with E-state index in [-0.39, 0.29) is 11.7 Å². The van der Waals surface area contributed by atoms with E-state index in [1.54, 1.807) is 18.2 Å². The lowest BCUT2D eigenvalue weighted by atomic mass is 10.2. The Bertz CT molecular complexity index is 1030. The van der Waals surface area contributed by atoms with Crippen molar-refractivity contribution >= 4 is 34.0 Å². The molecule has 2 aromatic carbocycles. The van der Waals surface area contributed by atoms with Crippen molar-refractivity contribution in [2.75, 3.05) is 31.1 Å². The van der Waals surface area contributed by atoms with Gasteiger partial charge in [-0.3, -0.25) is 9.00 Å². The summed E-state index contributed by atoms with van der Waals surface area (Å²) in [6, 6.07) is 21.0. The number of anilines is 1. The topological polar surface area (TPSA) is 53.8 Å². The van der Waals surface area contributed by atoms with Gasteiger partial charge in [-0.15, -0.1) is 0 Å². The van der Waals surface area contributed by atoms with Gasteiger partial charge in [0, 0.05) is 47.7 Å². The van der Waals surface area contributed by atoms with E-state index >= 15 is 0 Å². The van der Waals surface area contributed by atoms with E-state index in [9.17, 15) is 9.00 Å². The van der Waals surface area contributed by atoms with Crippen molar-refractivity contribution in [3.8, 4) is 0 Å². The van der Waals surface area contributed by atoms with Crippen LogP contribution in [0.15, 0.2) is 71.1 Å². The quantitative estimate of drug-likeness (QED) is 0.569. The predicted octanol–water partition coefficient (Wildman–Crippen LogP) is 4.34. The SMILES string of the molecule is O=C(c1ccc(C[S@](=O)Cc2ccccc2Cl)o1)N1CCN(c2ccccc2)CC1. The summed E-state index contributed by atoms with van der Waals surface area (Å²) in [7, 11) is -1.17. The van der Waals surface area contributed by atoms with Gasteiger partial charge in [0.25, 0.3) is 5.91 Å². The maximum Gasteiger partial charge on any atom is 0.289 e. The Morgan fingerprint density at radius 2 is 1.60 bits per heavy atom. The second-order valence-electron chi connectivity index (χ2n) is 7.20. The van der Waals surface area contributed by atoms with E-state index in [1.807, 2.05) is 41.3 Å². The average Bonchev–Trinajstić information content (AvgIpc) is 3.24. The number of para-hydroxylation sites is 1. The summed E-state index contributed by atoms with van der Waals surface area (Å²) >= 11 is 6.14. The number of hydrogen-bond donors (Lipinski definition) is 0. The van der Waals surface area contributed by atoms with Crippen molar-refractivity contribution < 1.29 is 13.4 Å². The molecule has 3 aromatic rings. The highest BCUT2D eigenvalue weighted by molar-refractivity contribution is 7.83. The number of furan rings is 1. The number of piperazine rings is 1. The number of carbonyl (C=O) groups is 1. The van der Waals surface area contributed by atoms with Crippen molar-refractivity contribution in [1.29, 1.82) is 0 Å². The number of rotatable bonds is 6. The molecule has 156 valence electrons. The van der Waals surface area contributed by atoms with Crippen LogP contribution in [0, 0.1) is 0 Å². The van der Waals surface area contributed by atoms with Gasteiger partial charge >= 0.3 is 0 Å². The first kappa shape index (κ1) is 20.7. The Labute approximate surface area is 183 Å². The third-order valence-electron chi connectivity index (χ3n) is 5.14. The molecule has 1 aliphatic heterocycles. The molecule has 4 rings (SSSR count). The molecular formula is C23H23ClN2O3S. The predicted molar refractivity (Wildman–Crippen MR) is 120 cm³/mol. The minimum Gasteiger partial charge on any atom is -0.455 e. The summed E-state index contributed by atoms with van der Waals surface area (Å²) < 4.78 is 18.2. The molecule has 30 heavy (non-hydrogen) atoms. The monoisotopic (exact) mass is 442 g/mol. The number of carbonyl (C=O) groups excluding carboxylic acids is 1. The van der Waals surface area contributed by atoms with Crippen LogP contribution in [-0.4, -0.2) is 41.2 Å². The number of nitrogens with zero attached hydrogens (tertiary/aromatic N) is 2. The molecule has 1 atom stereocenters. The molecule has 1 saturated heterocycles. The highest BCUT2D eigenvalue weighted by Gasteiger charge is 2.24. The first-order chi connectivity index (χ1) is 14.6. The Hall–Kier alpha value is -2.57. The summed E-state index contributed by atoms with van der Waals surface area (Å²) in [5, 5.41) is 0.607. The van der Waals surface area contributed by atoms with Crippen molar-refractivity contribution in [1.82, 2.24) is 4.90 Å². The molecule has 1 aliphatic rings. The first-order valence-corrected chi connectivity index (χ1v) is 11.7. The molecule has 0 saturated carbocycles. The summed E-state index contributed by atoms with van der Waals surface area (Å²) in [4.78, 5) is 16.9. The molecule has 1 aromatic heterocycles. The van der Waals surface area contributed by atoms with Crippen LogP contribution in [-0.2, 0) is 22.3 Å². The van der Waals surface area contributed by atoms with E-state index in [1.165, 1.54) is 5.69 Å². The molecule has 1 fully saturated rings. The zero-order valence-electron chi connectivity index (χ0n) is 16.5. The smallest absolute Gasteiger partial charge is 0.289 e. The van der Waals surface area contributed by atoms with Gasteiger partial charge in [-0.25, -0.2) is 0 Å². The van der Waals surface area contributed by atoms with E-state index < -0.39 is 10.8 Å². The largest absolute Gasteiger partial charge is 0.455 e. The molecule has 1 amide bonds. The number of amides is 1. The fourth-order valence-electron chi connectivity index (χ4n) is 3.53. The molecule has 0 N–H and O–H groups in total. The summed E-state index contributed by atoms with van der Waals surface area (Å²) in [6.45, 7) is 2.85. The van der Waals surface area contributed by atoms with Gasteiger partial charge in [0.1, 0.15) is 5.76 Å². The van der Waals surface area contributed by atoms with E-state index in [2.05, 4.69) is 17.0 Å². The number of halogens is 1. The lowest BCUT2D eigenvalue weighted by Crippen LogP contribution is -2.48. The molecule has 0 aliphatic carbocycles. The van der Waals surface area contributed by atoms with Crippen LogP contribution in [0.5, 0.6) is 0 Å². The standard InChI is InChI=1S/C23H23ClN2O3S/c24-21-9-5-4-6-18(21)16-30(28)17-20-10-11-22(29-20)23(27)26-14-12-25(13-15-26)19-7-2-1-3-8-19/h1-11H,12-17H2/t30-/m1/s1. The third-order valence-corrected chi connectivity index (χ3v) is 6.75. The van der Waals surface area contributed by atoms with Gasteiger partial charge in [-0.1, -0.05) is 48.0 Å². The maximum absolute atomic E-state index is 12.8. The fraction of sp³-hybridized carbons (Fsp3) is 0.261. The Morgan fingerprint density at radius 1 is 0.900 bits per heavy atom. The minimum atomic E-state index is -1.17. The number of benzene rings is 2. The lowest BCUT2D eigenvalue weighted by Gasteiger charge is -2.35. The van der Waals surface area contributed by atoms with Gasteiger partial charge in [0.05, 0.1) is 11.5 Å². The Balaban J connectivity index is 1.32. The summed E-state index contributed by atoms with van der Waals surface area (Å²) in [5.41, 5.74) is 2.02. The van der Waals surface area contributed by atoms with Crippen LogP contribution in [0.4, 0.5) is 5.69 Å². The zero-order chi connectivity index (χ0) is 20.9. The van der Waals surface area contributed by atoms with Gasteiger partial charge in [0.15, 0.2) is 5.76 Å². The van der Waals surface area contributed by atoms with E-state index in [0.29, 0.717) is 35.4 Å². The first-order valence-electron chi connectivity index (χ1n) is 9.86. The lowest BCUT2D eigenvalue weighted by molar-refractivity contribution is 0.0713.